The number of aromatic nitrogens is 2. The number of benzene rings is 2. The van der Waals surface area contributed by atoms with Crippen LogP contribution in [0, 0.1) is 13.8 Å². The standard InChI is InChI=1S/C21H19N3OS/c1-13-7-8-17(14(2)9-13)18-11-26-21-19(18)20(22-12-23-21)24-15-5-4-6-16(10-15)25-3/h4-12H,1-3H3,(H,22,23,24). The highest BCUT2D eigenvalue weighted by Gasteiger charge is 2.15. The Hall–Kier alpha value is -2.92. The minimum Gasteiger partial charge on any atom is -0.497 e. The minimum atomic E-state index is 0.805. The SMILES string of the molecule is COc1cccc(Nc2ncnc3scc(-c4ccc(C)cc4C)c23)c1. The van der Waals surface area contributed by atoms with Gasteiger partial charge in [-0.15, -0.1) is 11.3 Å². The second kappa shape index (κ2) is 6.77. The Bertz CT molecular complexity index is 1090. The molecule has 2 heterocycles. The maximum absolute atomic E-state index is 5.31. The van der Waals surface area contributed by atoms with E-state index in [2.05, 4.69) is 52.7 Å². The van der Waals surface area contributed by atoms with Crippen LogP contribution in [0.4, 0.5) is 11.5 Å². The minimum absolute atomic E-state index is 0.805. The molecule has 130 valence electrons. The van der Waals surface area contributed by atoms with Crippen molar-refractivity contribution in [2.75, 3.05) is 12.4 Å². The van der Waals surface area contributed by atoms with Gasteiger partial charge in [0.2, 0.25) is 0 Å². The number of aryl methyl sites for hydroxylation is 2. The highest BCUT2D eigenvalue weighted by molar-refractivity contribution is 7.17. The average molecular weight is 361 g/mol. The number of nitrogens with one attached hydrogen (secondary N) is 1. The number of thiophene rings is 1. The summed E-state index contributed by atoms with van der Waals surface area (Å²) in [6, 6.07) is 14.4. The van der Waals surface area contributed by atoms with Gasteiger partial charge in [-0.3, -0.25) is 0 Å². The molecule has 0 atom stereocenters. The predicted molar refractivity (Wildman–Crippen MR) is 109 cm³/mol. The maximum Gasteiger partial charge on any atom is 0.143 e. The van der Waals surface area contributed by atoms with E-state index in [1.807, 2.05) is 24.3 Å². The number of hydrogen-bond acceptors (Lipinski definition) is 5. The molecule has 0 saturated carbocycles. The van der Waals surface area contributed by atoms with Crippen LogP contribution in [0.3, 0.4) is 0 Å². The van der Waals surface area contributed by atoms with Gasteiger partial charge < -0.3 is 10.1 Å². The van der Waals surface area contributed by atoms with E-state index < -0.39 is 0 Å². The van der Waals surface area contributed by atoms with Gasteiger partial charge in [0.25, 0.3) is 0 Å². The average Bonchev–Trinajstić information content (AvgIpc) is 3.07. The third-order valence-corrected chi connectivity index (χ3v) is 5.26. The van der Waals surface area contributed by atoms with Crippen molar-refractivity contribution < 1.29 is 4.74 Å². The molecule has 4 nitrogen and oxygen atoms in total. The molecule has 4 rings (SSSR count). The van der Waals surface area contributed by atoms with Crippen molar-refractivity contribution in [2.45, 2.75) is 13.8 Å². The number of fused-ring (bicyclic) bond motifs is 1. The molecule has 5 heteroatoms. The van der Waals surface area contributed by atoms with Crippen LogP contribution in [0.2, 0.25) is 0 Å². The Morgan fingerprint density at radius 1 is 1.00 bits per heavy atom. The monoisotopic (exact) mass is 361 g/mol. The molecule has 2 aromatic heterocycles. The molecule has 4 aromatic rings. The van der Waals surface area contributed by atoms with E-state index in [-0.39, 0.29) is 0 Å². The predicted octanol–water partition coefficient (Wildman–Crippen LogP) is 5.73. The first-order chi connectivity index (χ1) is 12.7. The summed E-state index contributed by atoms with van der Waals surface area (Å²) < 4.78 is 5.31. The molecule has 2 aromatic carbocycles. The van der Waals surface area contributed by atoms with Crippen LogP contribution in [0.1, 0.15) is 11.1 Å². The number of nitrogens with zero attached hydrogens (tertiary/aromatic N) is 2. The Morgan fingerprint density at radius 3 is 2.69 bits per heavy atom. The van der Waals surface area contributed by atoms with Crippen LogP contribution >= 0.6 is 11.3 Å². The molecule has 0 aliphatic rings. The molecular formula is C21H19N3OS. The number of anilines is 2. The Morgan fingerprint density at radius 2 is 1.88 bits per heavy atom. The van der Waals surface area contributed by atoms with Gasteiger partial charge in [0.1, 0.15) is 22.7 Å². The van der Waals surface area contributed by atoms with Gasteiger partial charge in [-0.05, 0) is 37.1 Å². The van der Waals surface area contributed by atoms with Gasteiger partial charge in [-0.2, -0.15) is 0 Å². The first-order valence-electron chi connectivity index (χ1n) is 8.36. The highest BCUT2D eigenvalue weighted by Crippen LogP contribution is 2.39. The Kier molecular flexibility index (Phi) is 4.31. The molecule has 0 fully saturated rings. The molecule has 0 radical (unpaired) electrons. The maximum atomic E-state index is 5.31. The van der Waals surface area contributed by atoms with E-state index in [1.165, 1.54) is 16.7 Å². The van der Waals surface area contributed by atoms with Crippen molar-refractivity contribution in [1.82, 2.24) is 9.97 Å². The largest absolute Gasteiger partial charge is 0.497 e. The summed E-state index contributed by atoms with van der Waals surface area (Å²) in [6.45, 7) is 4.26. The number of rotatable bonds is 4. The van der Waals surface area contributed by atoms with Gasteiger partial charge in [0.05, 0.1) is 12.5 Å². The van der Waals surface area contributed by atoms with Crippen LogP contribution in [0.25, 0.3) is 21.3 Å². The lowest BCUT2D eigenvalue weighted by molar-refractivity contribution is 0.415. The summed E-state index contributed by atoms with van der Waals surface area (Å²) >= 11 is 1.64. The lowest BCUT2D eigenvalue weighted by Gasteiger charge is -2.11. The Labute approximate surface area is 156 Å². The molecule has 0 aliphatic carbocycles. The second-order valence-electron chi connectivity index (χ2n) is 6.23. The molecule has 0 bridgehead atoms. The van der Waals surface area contributed by atoms with Gasteiger partial charge >= 0.3 is 0 Å². The normalized spacial score (nSPS) is 10.9. The summed E-state index contributed by atoms with van der Waals surface area (Å²) in [4.78, 5) is 9.93. The second-order valence-corrected chi connectivity index (χ2v) is 7.09. The summed E-state index contributed by atoms with van der Waals surface area (Å²) in [5, 5.41) is 6.63. The molecule has 0 amide bonds. The number of hydrogen-bond donors (Lipinski definition) is 1. The zero-order chi connectivity index (χ0) is 18.1. The van der Waals surface area contributed by atoms with Gasteiger partial charge in [0.15, 0.2) is 0 Å². The highest BCUT2D eigenvalue weighted by atomic mass is 32.1. The molecule has 0 aliphatic heterocycles. The third kappa shape index (κ3) is 3.02. The first kappa shape index (κ1) is 16.5. The lowest BCUT2D eigenvalue weighted by Crippen LogP contribution is -1.96. The summed E-state index contributed by atoms with van der Waals surface area (Å²) in [5.41, 5.74) is 5.82. The van der Waals surface area contributed by atoms with Crippen molar-refractivity contribution in [2.24, 2.45) is 0 Å². The molecule has 0 unspecified atom stereocenters. The van der Waals surface area contributed by atoms with Crippen LogP contribution < -0.4 is 10.1 Å². The van der Waals surface area contributed by atoms with Crippen LogP contribution in [0.5, 0.6) is 5.75 Å². The van der Waals surface area contributed by atoms with Crippen molar-refractivity contribution >= 4 is 33.1 Å². The Balaban J connectivity index is 1.84. The topological polar surface area (TPSA) is 47.0 Å². The van der Waals surface area contributed by atoms with Gasteiger partial charge in [-0.25, -0.2) is 9.97 Å². The fourth-order valence-electron chi connectivity index (χ4n) is 3.12. The lowest BCUT2D eigenvalue weighted by atomic mass is 9.99. The van der Waals surface area contributed by atoms with Crippen LogP contribution in [-0.2, 0) is 0 Å². The third-order valence-electron chi connectivity index (χ3n) is 4.37. The van der Waals surface area contributed by atoms with E-state index in [9.17, 15) is 0 Å². The summed E-state index contributed by atoms with van der Waals surface area (Å²) in [6.07, 6.45) is 1.60. The van der Waals surface area contributed by atoms with Crippen LogP contribution in [0.15, 0.2) is 54.2 Å². The van der Waals surface area contributed by atoms with Crippen molar-refractivity contribution in [3.8, 4) is 16.9 Å². The fraction of sp³-hybridized carbons (Fsp3) is 0.143. The van der Waals surface area contributed by atoms with Crippen molar-refractivity contribution in [3.05, 3.63) is 65.3 Å². The fourth-order valence-corrected chi connectivity index (χ4v) is 4.03. The molecule has 0 spiro atoms. The summed E-state index contributed by atoms with van der Waals surface area (Å²) in [7, 11) is 1.67. The molecule has 1 N–H and O–H groups in total. The smallest absolute Gasteiger partial charge is 0.143 e. The van der Waals surface area contributed by atoms with E-state index >= 15 is 0 Å². The van der Waals surface area contributed by atoms with E-state index in [0.29, 0.717) is 0 Å². The number of methoxy groups -OCH3 is 1. The first-order valence-corrected chi connectivity index (χ1v) is 9.24. The molecule has 0 saturated heterocycles. The molecular weight excluding hydrogens is 342 g/mol. The van der Waals surface area contributed by atoms with E-state index in [1.54, 1.807) is 24.8 Å². The van der Waals surface area contributed by atoms with Crippen molar-refractivity contribution in [3.63, 3.8) is 0 Å². The quantitative estimate of drug-likeness (QED) is 0.504. The van der Waals surface area contributed by atoms with Crippen LogP contribution in [-0.4, -0.2) is 17.1 Å². The number of ether oxygens (including phenoxy) is 1. The van der Waals surface area contributed by atoms with Gasteiger partial charge in [0, 0.05) is 22.7 Å². The van der Waals surface area contributed by atoms with Gasteiger partial charge in [-0.1, -0.05) is 29.8 Å². The summed E-state index contributed by atoms with van der Waals surface area (Å²) in [5.74, 6) is 1.61. The van der Waals surface area contributed by atoms with E-state index in [0.717, 1.165) is 33.0 Å². The zero-order valence-electron chi connectivity index (χ0n) is 14.9. The van der Waals surface area contributed by atoms with E-state index in [4.69, 9.17) is 4.74 Å². The zero-order valence-corrected chi connectivity index (χ0v) is 15.7. The van der Waals surface area contributed by atoms with Crippen molar-refractivity contribution in [1.29, 1.82) is 0 Å². The molecule has 26 heavy (non-hydrogen) atoms.